The summed E-state index contributed by atoms with van der Waals surface area (Å²) in [5.41, 5.74) is 40.6. The Hall–Kier alpha value is -9.84. The van der Waals surface area contributed by atoms with Gasteiger partial charge in [-0.3, -0.25) is 67.3 Å². The molecular formula is C64H99N20O13+. The number of guanidine groups is 1. The van der Waals surface area contributed by atoms with Crippen LogP contribution >= 0.6 is 0 Å². The van der Waals surface area contributed by atoms with Crippen molar-refractivity contribution in [1.29, 1.82) is 5.39 Å². The maximum absolute atomic E-state index is 14.7. The van der Waals surface area contributed by atoms with Gasteiger partial charge in [-0.25, -0.2) is 0 Å². The van der Waals surface area contributed by atoms with Crippen molar-refractivity contribution in [3.63, 3.8) is 0 Å². The molecule has 0 bridgehead atoms. The molecule has 33 heteroatoms. The second-order valence-electron chi connectivity index (χ2n) is 24.8. The van der Waals surface area contributed by atoms with E-state index < -0.39 is 169 Å². The van der Waals surface area contributed by atoms with Crippen LogP contribution < -0.4 is 82.7 Å². The van der Waals surface area contributed by atoms with Crippen molar-refractivity contribution in [3.8, 4) is 0 Å². The molecule has 2 heterocycles. The van der Waals surface area contributed by atoms with E-state index in [2.05, 4.69) is 52.5 Å². The summed E-state index contributed by atoms with van der Waals surface area (Å²) in [6.07, 6.45) is 2.25. The highest BCUT2D eigenvalue weighted by Crippen LogP contribution is 2.24. The number of benzene rings is 2. The van der Waals surface area contributed by atoms with Gasteiger partial charge in [0, 0.05) is 57.5 Å². The van der Waals surface area contributed by atoms with Gasteiger partial charge in [-0.2, -0.15) is 0 Å². The van der Waals surface area contributed by atoms with Crippen molar-refractivity contribution < 1.29 is 62.3 Å². The average Bonchev–Trinajstić information content (AvgIpc) is 1.76. The number of rotatable bonds is 42. The molecule has 2 aromatic carbocycles. The van der Waals surface area contributed by atoms with Gasteiger partial charge in [0.2, 0.25) is 82.2 Å². The highest BCUT2D eigenvalue weighted by atomic mass is 16.2. The number of aliphatic imine (C=N–C) groups is 1. The Balaban J connectivity index is 1.59. The largest absolute Gasteiger partial charge is 0.385 e. The van der Waals surface area contributed by atoms with Gasteiger partial charge in [0.25, 0.3) is 0 Å². The molecular weight excluding hydrogens is 1260 g/mol. The van der Waals surface area contributed by atoms with Crippen molar-refractivity contribution >= 4 is 88.4 Å². The van der Waals surface area contributed by atoms with Gasteiger partial charge in [-0.1, -0.05) is 76.1 Å². The number of nitrogens with two attached hydrogens (primary N) is 7. The zero-order valence-electron chi connectivity index (χ0n) is 55.6. The van der Waals surface area contributed by atoms with Crippen LogP contribution in [-0.2, 0) is 75.2 Å². The van der Waals surface area contributed by atoms with Crippen LogP contribution in [0.15, 0.2) is 59.6 Å². The van der Waals surface area contributed by atoms with E-state index in [-0.39, 0.29) is 88.7 Å². The summed E-state index contributed by atoms with van der Waals surface area (Å²) in [6.45, 7) is 5.69. The molecule has 13 amide bonds. The molecule has 2 aliphatic heterocycles. The van der Waals surface area contributed by atoms with E-state index in [0.717, 1.165) is 6.42 Å². The van der Waals surface area contributed by atoms with E-state index in [9.17, 15) is 67.7 Å². The van der Waals surface area contributed by atoms with Crippen LogP contribution in [0.2, 0.25) is 0 Å². The van der Waals surface area contributed by atoms with Crippen LogP contribution in [0.4, 0.5) is 5.69 Å². The Bertz CT molecular complexity index is 3110. The smallest absolute Gasteiger partial charge is 0.370 e. The molecule has 2 fully saturated rings. The molecule has 0 radical (unpaired) electrons. The van der Waals surface area contributed by atoms with Gasteiger partial charge in [0.15, 0.2) is 10.9 Å². The van der Waals surface area contributed by atoms with E-state index in [4.69, 9.17) is 40.1 Å². The van der Waals surface area contributed by atoms with E-state index in [1.165, 1.54) is 34.1 Å². The second-order valence-corrected chi connectivity index (χ2v) is 24.8. The monoisotopic (exact) mass is 1360 g/mol. The van der Waals surface area contributed by atoms with Crippen molar-refractivity contribution in [3.05, 3.63) is 70.7 Å². The lowest BCUT2D eigenvalue weighted by Gasteiger charge is -2.32. The first-order chi connectivity index (χ1) is 46.2. The van der Waals surface area contributed by atoms with Gasteiger partial charge in [-0.05, 0) is 107 Å². The molecule has 33 nitrogen and oxygen atoms in total. The number of primary amides is 3. The molecule has 2 aromatic rings. The normalized spacial score (nSPS) is 16.6. The van der Waals surface area contributed by atoms with E-state index >= 15 is 0 Å². The van der Waals surface area contributed by atoms with Crippen molar-refractivity contribution in [2.75, 3.05) is 32.7 Å². The maximum Gasteiger partial charge on any atom is 0.385 e. The molecule has 22 N–H and O–H groups in total. The zero-order chi connectivity index (χ0) is 71.7. The predicted octanol–water partition coefficient (Wildman–Crippen LogP) is -2.79. The summed E-state index contributed by atoms with van der Waals surface area (Å²) in [5.74, 6) is -10.7. The van der Waals surface area contributed by atoms with Gasteiger partial charge < -0.3 is 92.5 Å². The highest BCUT2D eigenvalue weighted by Gasteiger charge is 2.42. The lowest BCUT2D eigenvalue weighted by atomic mass is 10.0. The summed E-state index contributed by atoms with van der Waals surface area (Å²) in [5, 5.41) is 30.4. The van der Waals surface area contributed by atoms with E-state index in [1.54, 1.807) is 30.3 Å². The Kier molecular flexibility index (Phi) is 33.8. The molecule has 2 saturated heterocycles. The second kappa shape index (κ2) is 41.2. The lowest BCUT2D eigenvalue weighted by molar-refractivity contribution is -0.144. The van der Waals surface area contributed by atoms with Crippen LogP contribution in [-0.4, -0.2) is 186 Å². The van der Waals surface area contributed by atoms with Crippen LogP contribution in [0.25, 0.3) is 4.98 Å². The quantitative estimate of drug-likeness (QED) is 0.0138. The first-order valence-electron chi connectivity index (χ1n) is 33.0. The minimum absolute atomic E-state index is 0.0581. The number of likely N-dealkylation sites (tertiary alicyclic amines) is 2. The minimum atomic E-state index is -1.69. The van der Waals surface area contributed by atoms with Crippen LogP contribution in [0.1, 0.15) is 141 Å². The van der Waals surface area contributed by atoms with Gasteiger partial charge in [-0.15, -0.1) is 0 Å². The summed E-state index contributed by atoms with van der Waals surface area (Å²) in [7, 11) is 0. The summed E-state index contributed by atoms with van der Waals surface area (Å²) in [4.78, 5) is 188. The first-order valence-corrected chi connectivity index (χ1v) is 33.0. The third-order valence-electron chi connectivity index (χ3n) is 16.5. The predicted molar refractivity (Wildman–Crippen MR) is 357 cm³/mol. The van der Waals surface area contributed by atoms with Crippen LogP contribution in [0, 0.1) is 11.3 Å². The molecule has 0 unspecified atom stereocenters. The summed E-state index contributed by atoms with van der Waals surface area (Å²) >= 11 is 0. The third kappa shape index (κ3) is 27.4. The Morgan fingerprint density at radius 2 is 1.05 bits per heavy atom. The molecule has 97 heavy (non-hydrogen) atoms. The molecule has 10 atom stereocenters. The van der Waals surface area contributed by atoms with Crippen LogP contribution in [0.3, 0.4) is 0 Å². The fraction of sp³-hybridized carbons (Fsp3) is 0.594. The SMILES string of the molecule is CCCC[C@H](NC(=O)[C@H](CC(C)C)NC(=O)CNC(=O)[C@H](Cc1ccccc1)NC(=O)[C@H](Cc1ccc([N+]#N)cc1)NC(=O)[C@H](CCC(N)=O)NC(=O)[C@H](CCC(N)=O)NC(=O)[C@@H]1CCCN1C(=O)[C@H](CCCCN)NC(=O)[C@@H]1CCCN1C(=O)[C@@H](N)CCCN=C(N)N)C(N)=O. The Morgan fingerprint density at radius 3 is 1.58 bits per heavy atom. The van der Waals surface area contributed by atoms with E-state index in [0.29, 0.717) is 56.1 Å². The lowest BCUT2D eigenvalue weighted by Crippen LogP contribution is -2.60. The number of nitrogens with zero attached hydrogens (tertiary/aromatic N) is 5. The molecule has 0 saturated carbocycles. The van der Waals surface area contributed by atoms with Crippen molar-refractivity contribution in [2.45, 2.75) is 203 Å². The van der Waals surface area contributed by atoms with Crippen molar-refractivity contribution in [1.82, 2.24) is 52.3 Å². The number of carbonyl (C=O) groups excluding carboxylic acids is 13. The molecule has 0 spiro atoms. The standard InChI is InChI=1S/C64H98N20O13/c1-4-5-17-42(54(69)88)76-58(92)46(33-37(2)3)75-53(87)36-74-55(89)47(34-38-14-7-6-8-15-38)80-59(93)48(35-39-21-23-40(82-72)24-22-39)81-57(91)43(25-27-51(67)85)77-56(90)44(26-28-52(68)86)78-60(94)50-20-13-32-84(50)63(97)45(18-9-10-29-65)79-61(95)49-19-12-31-83(49)62(96)41(66)16-11-30-73-64(70)71/h6-8,14-15,21-24,37,41-50H,4-5,9-13,16-20,25-36,65-66H2,1-3H3,(H17-,67,68,69,70,71,73,74,75,76,77,78,79,80,81,85,86,87,88,89,90,91,92,93,94,95)/p+1/t41-,42-,43-,44-,45-,46-,47-,48-,49-,50-/m0/s1. The maximum atomic E-state index is 14.7. The van der Waals surface area contributed by atoms with Gasteiger partial charge in [0.1, 0.15) is 54.4 Å². The number of hydrogen-bond acceptors (Lipinski definition) is 17. The topological polar surface area (TPSA) is 547 Å². The Morgan fingerprint density at radius 1 is 0.557 bits per heavy atom. The molecule has 0 aliphatic carbocycles. The Labute approximate surface area is 564 Å². The first kappa shape index (κ1) is 79.6. The number of amides is 13. The van der Waals surface area contributed by atoms with Gasteiger partial charge >= 0.3 is 5.69 Å². The molecule has 532 valence electrons. The highest BCUT2D eigenvalue weighted by molar-refractivity contribution is 5.99. The molecule has 2 aliphatic rings. The van der Waals surface area contributed by atoms with Crippen molar-refractivity contribution in [2.24, 2.45) is 51.0 Å². The fourth-order valence-corrected chi connectivity index (χ4v) is 11.3. The summed E-state index contributed by atoms with van der Waals surface area (Å²) in [6, 6.07) is 1.47. The number of hydrogen-bond donors (Lipinski definition) is 15. The van der Waals surface area contributed by atoms with Crippen LogP contribution in [0.5, 0.6) is 0 Å². The molecule has 4 rings (SSSR count). The third-order valence-corrected chi connectivity index (χ3v) is 16.5. The number of carbonyl (C=O) groups is 13. The number of unbranched alkanes of at least 4 members (excludes halogenated alkanes) is 2. The van der Waals surface area contributed by atoms with Gasteiger partial charge in [0.05, 0.1) is 12.6 Å². The fourth-order valence-electron chi connectivity index (χ4n) is 11.3. The number of nitrogens with one attached hydrogen (secondary N) is 8. The number of diazo groups is 1. The zero-order valence-corrected chi connectivity index (χ0v) is 55.6. The summed E-state index contributed by atoms with van der Waals surface area (Å²) < 4.78 is 0. The minimum Gasteiger partial charge on any atom is -0.370 e. The van der Waals surface area contributed by atoms with E-state index in [1.807, 2.05) is 20.8 Å². The average molecular weight is 1360 g/mol. The molecule has 0 aromatic heterocycles.